The van der Waals surface area contributed by atoms with Gasteiger partial charge in [-0.05, 0) is 43.0 Å². The Kier molecular flexibility index (Phi) is 6.95. The van der Waals surface area contributed by atoms with Gasteiger partial charge in [-0.2, -0.15) is 4.31 Å². The molecule has 0 saturated heterocycles. The standard InChI is InChI=1S/C25H29N3O4S/c1-28(19-10-6-3-7-11-19)33(31,32)20-12-13-23-21(16-20)22(17-24(29)27-23)25(30)26-15-14-18-8-4-2-5-9-18/h2,4-5,8-9,12-13,16-17,19H,3,6-7,10-11,14-15H2,1H3,(H,26,30)(H,27,29). The van der Waals surface area contributed by atoms with Crippen molar-refractivity contribution in [2.24, 2.45) is 0 Å². The van der Waals surface area contributed by atoms with Gasteiger partial charge >= 0.3 is 0 Å². The zero-order chi connectivity index (χ0) is 23.4. The first-order valence-electron chi connectivity index (χ1n) is 11.3. The largest absolute Gasteiger partial charge is 0.352 e. The zero-order valence-electron chi connectivity index (χ0n) is 18.7. The van der Waals surface area contributed by atoms with Crippen molar-refractivity contribution >= 4 is 26.8 Å². The van der Waals surface area contributed by atoms with Gasteiger partial charge in [-0.15, -0.1) is 0 Å². The summed E-state index contributed by atoms with van der Waals surface area (Å²) < 4.78 is 28.1. The van der Waals surface area contributed by atoms with Gasteiger partial charge in [-0.3, -0.25) is 9.59 Å². The van der Waals surface area contributed by atoms with Gasteiger partial charge in [0.1, 0.15) is 0 Å². The molecule has 3 aromatic rings. The molecule has 2 N–H and O–H groups in total. The molecule has 0 unspecified atom stereocenters. The Balaban J connectivity index is 1.61. The second-order valence-corrected chi connectivity index (χ2v) is 10.6. The van der Waals surface area contributed by atoms with Gasteiger partial charge in [-0.1, -0.05) is 49.6 Å². The van der Waals surface area contributed by atoms with Crippen molar-refractivity contribution < 1.29 is 13.2 Å². The van der Waals surface area contributed by atoms with Crippen LogP contribution in [0.25, 0.3) is 10.9 Å². The van der Waals surface area contributed by atoms with Crippen molar-refractivity contribution in [2.75, 3.05) is 13.6 Å². The highest BCUT2D eigenvalue weighted by Gasteiger charge is 2.29. The quantitative estimate of drug-likeness (QED) is 0.556. The molecule has 1 saturated carbocycles. The first kappa shape index (κ1) is 23.2. The van der Waals surface area contributed by atoms with Crippen molar-refractivity contribution in [3.05, 3.63) is 76.1 Å². The van der Waals surface area contributed by atoms with E-state index in [2.05, 4.69) is 10.3 Å². The van der Waals surface area contributed by atoms with Gasteiger partial charge in [0.05, 0.1) is 10.5 Å². The first-order chi connectivity index (χ1) is 15.9. The third-order valence-electron chi connectivity index (χ3n) is 6.37. The highest BCUT2D eigenvalue weighted by atomic mass is 32.2. The minimum atomic E-state index is -3.73. The number of benzene rings is 2. The molecule has 1 fully saturated rings. The van der Waals surface area contributed by atoms with Crippen LogP contribution in [0.5, 0.6) is 0 Å². The number of fused-ring (bicyclic) bond motifs is 1. The molecule has 1 amide bonds. The van der Waals surface area contributed by atoms with Crippen LogP contribution in [0, 0.1) is 0 Å². The number of aromatic amines is 1. The molecule has 1 heterocycles. The van der Waals surface area contributed by atoms with E-state index in [1.165, 1.54) is 22.5 Å². The van der Waals surface area contributed by atoms with Crippen LogP contribution in [0.4, 0.5) is 0 Å². The number of pyridine rings is 1. The van der Waals surface area contributed by atoms with Crippen molar-refractivity contribution in [3.8, 4) is 0 Å². The van der Waals surface area contributed by atoms with Gasteiger partial charge in [0.2, 0.25) is 15.6 Å². The zero-order valence-corrected chi connectivity index (χ0v) is 19.5. The van der Waals surface area contributed by atoms with Crippen LogP contribution in [0.2, 0.25) is 0 Å². The van der Waals surface area contributed by atoms with E-state index in [-0.39, 0.29) is 16.5 Å². The molecule has 33 heavy (non-hydrogen) atoms. The van der Waals surface area contributed by atoms with Gasteiger partial charge in [0.15, 0.2) is 0 Å². The lowest BCUT2D eigenvalue weighted by Gasteiger charge is -2.30. The molecular formula is C25H29N3O4S. The number of rotatable bonds is 7. The van der Waals surface area contributed by atoms with E-state index >= 15 is 0 Å². The maximum atomic E-state index is 13.3. The molecule has 174 valence electrons. The molecule has 0 aliphatic heterocycles. The second kappa shape index (κ2) is 9.89. The predicted molar refractivity (Wildman–Crippen MR) is 129 cm³/mol. The number of nitrogens with one attached hydrogen (secondary N) is 2. The average molecular weight is 468 g/mol. The summed E-state index contributed by atoms with van der Waals surface area (Å²) >= 11 is 0. The molecule has 0 spiro atoms. The molecule has 4 rings (SSSR count). The molecular weight excluding hydrogens is 438 g/mol. The molecule has 0 bridgehead atoms. The minimum Gasteiger partial charge on any atom is -0.352 e. The van der Waals surface area contributed by atoms with E-state index in [4.69, 9.17) is 0 Å². The molecule has 1 aromatic heterocycles. The van der Waals surface area contributed by atoms with Crippen molar-refractivity contribution in [3.63, 3.8) is 0 Å². The number of hydrogen-bond acceptors (Lipinski definition) is 4. The van der Waals surface area contributed by atoms with Crippen LogP contribution in [-0.4, -0.2) is 43.2 Å². The van der Waals surface area contributed by atoms with Crippen LogP contribution in [0.3, 0.4) is 0 Å². The molecule has 0 radical (unpaired) electrons. The summed E-state index contributed by atoms with van der Waals surface area (Å²) in [5.41, 5.74) is 1.27. The third kappa shape index (κ3) is 5.17. The molecule has 1 aliphatic rings. The Labute approximate surface area is 193 Å². The summed E-state index contributed by atoms with van der Waals surface area (Å²) in [5.74, 6) is -0.405. The number of hydrogen-bond donors (Lipinski definition) is 2. The lowest BCUT2D eigenvalue weighted by molar-refractivity contribution is 0.0955. The Bertz CT molecular complexity index is 1300. The van der Waals surface area contributed by atoms with E-state index in [9.17, 15) is 18.0 Å². The van der Waals surface area contributed by atoms with Gasteiger partial charge in [-0.25, -0.2) is 8.42 Å². The van der Waals surface area contributed by atoms with Crippen LogP contribution < -0.4 is 10.9 Å². The fourth-order valence-corrected chi connectivity index (χ4v) is 5.89. The average Bonchev–Trinajstić information content (AvgIpc) is 2.83. The van der Waals surface area contributed by atoms with Gasteiger partial charge in [0.25, 0.3) is 5.91 Å². The van der Waals surface area contributed by atoms with Crippen LogP contribution in [0.1, 0.15) is 48.0 Å². The molecule has 2 aromatic carbocycles. The number of nitrogens with zero attached hydrogens (tertiary/aromatic N) is 1. The number of H-pyrrole nitrogens is 1. The summed E-state index contributed by atoms with van der Waals surface area (Å²) in [4.78, 5) is 27.9. The number of amides is 1. The lowest BCUT2D eigenvalue weighted by Crippen LogP contribution is -2.38. The Morgan fingerprint density at radius 3 is 2.52 bits per heavy atom. The Morgan fingerprint density at radius 2 is 1.79 bits per heavy atom. The van der Waals surface area contributed by atoms with Crippen LogP contribution in [0.15, 0.2) is 64.3 Å². The topological polar surface area (TPSA) is 99.3 Å². The van der Waals surface area contributed by atoms with E-state index in [1.807, 2.05) is 30.3 Å². The first-order valence-corrected chi connectivity index (χ1v) is 12.8. The van der Waals surface area contributed by atoms with Crippen molar-refractivity contribution in [1.29, 1.82) is 0 Å². The SMILES string of the molecule is CN(C1CCCCC1)S(=O)(=O)c1ccc2[nH]c(=O)cc(C(=O)NCCc3ccccc3)c2c1. The third-order valence-corrected chi connectivity index (χ3v) is 8.27. The second-order valence-electron chi connectivity index (χ2n) is 8.56. The Morgan fingerprint density at radius 1 is 1.06 bits per heavy atom. The molecule has 1 aliphatic carbocycles. The number of aromatic nitrogens is 1. The van der Waals surface area contributed by atoms with Crippen molar-refractivity contribution in [2.45, 2.75) is 49.5 Å². The summed E-state index contributed by atoms with van der Waals surface area (Å²) in [5, 5.41) is 3.26. The fourth-order valence-electron chi connectivity index (χ4n) is 4.45. The smallest absolute Gasteiger partial charge is 0.252 e. The summed E-state index contributed by atoms with van der Waals surface area (Å²) in [6, 6.07) is 15.5. The maximum Gasteiger partial charge on any atom is 0.252 e. The van der Waals surface area contributed by atoms with Gasteiger partial charge in [0, 0.05) is 36.6 Å². The predicted octanol–water partition coefficient (Wildman–Crippen LogP) is 3.45. The molecule has 0 atom stereocenters. The summed E-state index contributed by atoms with van der Waals surface area (Å²) in [6.07, 6.45) is 5.54. The lowest BCUT2D eigenvalue weighted by atomic mass is 9.96. The highest BCUT2D eigenvalue weighted by Crippen LogP contribution is 2.28. The minimum absolute atomic E-state index is 0.0178. The van der Waals surface area contributed by atoms with E-state index in [1.54, 1.807) is 13.1 Å². The number of sulfonamides is 1. The van der Waals surface area contributed by atoms with Crippen molar-refractivity contribution in [1.82, 2.24) is 14.6 Å². The fraction of sp³-hybridized carbons (Fsp3) is 0.360. The van der Waals surface area contributed by atoms with E-state index < -0.39 is 21.5 Å². The number of carbonyl (C=O) groups excluding carboxylic acids is 1. The van der Waals surface area contributed by atoms with Crippen LogP contribution >= 0.6 is 0 Å². The molecule has 8 heteroatoms. The maximum absolute atomic E-state index is 13.3. The van der Waals surface area contributed by atoms with E-state index in [0.29, 0.717) is 23.9 Å². The highest BCUT2D eigenvalue weighted by molar-refractivity contribution is 7.89. The van der Waals surface area contributed by atoms with E-state index in [0.717, 1.165) is 37.7 Å². The monoisotopic (exact) mass is 467 g/mol. The normalized spacial score (nSPS) is 15.1. The van der Waals surface area contributed by atoms with Crippen LogP contribution in [-0.2, 0) is 16.4 Å². The van der Waals surface area contributed by atoms with Gasteiger partial charge < -0.3 is 10.3 Å². The summed E-state index contributed by atoms with van der Waals surface area (Å²) in [7, 11) is -2.10. The Hall–Kier alpha value is -2.97. The number of carbonyl (C=O) groups is 1. The summed E-state index contributed by atoms with van der Waals surface area (Å²) in [6.45, 7) is 0.402. The molecule has 7 nitrogen and oxygen atoms in total.